The van der Waals surface area contributed by atoms with Crippen LogP contribution in [0.15, 0.2) is 25.3 Å². The smallest absolute Gasteiger partial charge is 0.330 e. The Kier molecular flexibility index (Phi) is 8.41. The van der Waals surface area contributed by atoms with Crippen molar-refractivity contribution >= 4 is 11.9 Å². The lowest BCUT2D eigenvalue weighted by Crippen LogP contribution is -2.48. The van der Waals surface area contributed by atoms with Crippen LogP contribution in [0.25, 0.3) is 0 Å². The van der Waals surface area contributed by atoms with Crippen LogP contribution in [0, 0.1) is 0 Å². The summed E-state index contributed by atoms with van der Waals surface area (Å²) in [6.45, 7) is 5.07. The van der Waals surface area contributed by atoms with Gasteiger partial charge in [-0.3, -0.25) is 0 Å². The van der Waals surface area contributed by atoms with Crippen molar-refractivity contribution in [2.45, 2.75) is 24.4 Å². The summed E-state index contributed by atoms with van der Waals surface area (Å²) in [4.78, 5) is 21.5. The van der Waals surface area contributed by atoms with E-state index in [1.807, 2.05) is 0 Å². The van der Waals surface area contributed by atoms with E-state index in [-0.39, 0.29) is 0 Å². The molecule has 20 heavy (non-hydrogen) atoms. The van der Waals surface area contributed by atoms with Crippen LogP contribution < -0.4 is 0 Å². The standard InChI is InChI=1S/C12H18O8/c1-3-9(15)19-5-7(13)11(17)12(18)8(14)6-20-10(16)4-2/h3-4,7-8,11-14,17-18H,1-2,5-6H2/t7-,8+,11-,12-/m1/s1. The van der Waals surface area contributed by atoms with E-state index in [1.165, 1.54) is 0 Å². The number of aliphatic hydroxyl groups excluding tert-OH is 4. The maximum atomic E-state index is 10.7. The summed E-state index contributed by atoms with van der Waals surface area (Å²) < 4.78 is 8.92. The lowest BCUT2D eigenvalue weighted by atomic mass is 10.0. The van der Waals surface area contributed by atoms with E-state index in [0.29, 0.717) is 0 Å². The van der Waals surface area contributed by atoms with Gasteiger partial charge in [0, 0.05) is 12.2 Å². The Balaban J connectivity index is 4.25. The zero-order valence-corrected chi connectivity index (χ0v) is 10.7. The van der Waals surface area contributed by atoms with Gasteiger partial charge in [-0.15, -0.1) is 0 Å². The van der Waals surface area contributed by atoms with Crippen LogP contribution in [0.3, 0.4) is 0 Å². The highest BCUT2D eigenvalue weighted by molar-refractivity contribution is 5.81. The van der Waals surface area contributed by atoms with E-state index >= 15 is 0 Å². The van der Waals surface area contributed by atoms with E-state index in [4.69, 9.17) is 0 Å². The first-order chi connectivity index (χ1) is 9.33. The summed E-state index contributed by atoms with van der Waals surface area (Å²) in [7, 11) is 0. The van der Waals surface area contributed by atoms with Gasteiger partial charge in [0.2, 0.25) is 0 Å². The zero-order valence-electron chi connectivity index (χ0n) is 10.7. The van der Waals surface area contributed by atoms with Crippen molar-refractivity contribution in [1.82, 2.24) is 0 Å². The maximum Gasteiger partial charge on any atom is 0.330 e. The fourth-order valence-corrected chi connectivity index (χ4v) is 1.11. The minimum Gasteiger partial charge on any atom is -0.460 e. The highest BCUT2D eigenvalue weighted by atomic mass is 16.5. The molecule has 0 aliphatic rings. The third-order valence-corrected chi connectivity index (χ3v) is 2.26. The Morgan fingerprint density at radius 1 is 0.850 bits per heavy atom. The van der Waals surface area contributed by atoms with Gasteiger partial charge in [0.1, 0.15) is 37.6 Å². The van der Waals surface area contributed by atoms with Gasteiger partial charge in [-0.05, 0) is 0 Å². The molecule has 0 rings (SSSR count). The van der Waals surface area contributed by atoms with E-state index in [2.05, 4.69) is 22.6 Å². The SMILES string of the molecule is C=CC(=O)OC[C@@H](O)[C@@H](O)[C@H](O)[C@@H](O)COC(=O)C=C. The summed E-state index contributed by atoms with van der Waals surface area (Å²) in [5.41, 5.74) is 0. The van der Waals surface area contributed by atoms with Crippen LogP contribution in [0.1, 0.15) is 0 Å². The Morgan fingerprint density at radius 3 is 1.40 bits per heavy atom. The van der Waals surface area contributed by atoms with Gasteiger partial charge >= 0.3 is 11.9 Å². The second kappa shape index (κ2) is 9.21. The van der Waals surface area contributed by atoms with E-state index in [9.17, 15) is 30.0 Å². The minimum atomic E-state index is -1.80. The molecule has 0 amide bonds. The van der Waals surface area contributed by atoms with Gasteiger partial charge in [0.15, 0.2) is 0 Å². The highest BCUT2D eigenvalue weighted by Crippen LogP contribution is 2.07. The zero-order chi connectivity index (χ0) is 15.7. The molecule has 0 saturated heterocycles. The summed E-state index contributed by atoms with van der Waals surface area (Å²) in [5, 5.41) is 38.0. The molecule has 0 aromatic carbocycles. The molecule has 0 fully saturated rings. The van der Waals surface area contributed by atoms with Crippen molar-refractivity contribution < 1.29 is 39.5 Å². The third kappa shape index (κ3) is 6.43. The first-order valence-electron chi connectivity index (χ1n) is 5.64. The van der Waals surface area contributed by atoms with E-state index < -0.39 is 49.6 Å². The largest absolute Gasteiger partial charge is 0.460 e. The Labute approximate surface area is 115 Å². The Bertz CT molecular complexity index is 319. The molecular formula is C12H18O8. The molecule has 4 N–H and O–H groups in total. The van der Waals surface area contributed by atoms with Crippen LogP contribution >= 0.6 is 0 Å². The van der Waals surface area contributed by atoms with Crippen molar-refractivity contribution in [1.29, 1.82) is 0 Å². The molecular weight excluding hydrogens is 272 g/mol. The van der Waals surface area contributed by atoms with Gasteiger partial charge in [-0.25, -0.2) is 9.59 Å². The van der Waals surface area contributed by atoms with Crippen molar-refractivity contribution in [2.75, 3.05) is 13.2 Å². The summed E-state index contributed by atoms with van der Waals surface area (Å²) in [6.07, 6.45) is -5.13. The van der Waals surface area contributed by atoms with Crippen molar-refractivity contribution in [3.63, 3.8) is 0 Å². The van der Waals surface area contributed by atoms with Gasteiger partial charge in [-0.1, -0.05) is 13.2 Å². The lowest BCUT2D eigenvalue weighted by Gasteiger charge is -2.25. The first-order valence-corrected chi connectivity index (χ1v) is 5.64. The predicted octanol–water partition coefficient (Wildman–Crippen LogP) is -2.11. The molecule has 0 spiro atoms. The van der Waals surface area contributed by atoms with Gasteiger partial charge in [-0.2, -0.15) is 0 Å². The third-order valence-electron chi connectivity index (χ3n) is 2.26. The summed E-state index contributed by atoms with van der Waals surface area (Å²) >= 11 is 0. The minimum absolute atomic E-state index is 0.595. The maximum absolute atomic E-state index is 10.7. The number of carbonyl (C=O) groups excluding carboxylic acids is 2. The molecule has 0 saturated carbocycles. The second-order valence-electron chi connectivity index (χ2n) is 3.78. The average molecular weight is 290 g/mol. The van der Waals surface area contributed by atoms with Crippen LogP contribution in [0.2, 0.25) is 0 Å². The number of ether oxygens (including phenoxy) is 2. The lowest BCUT2D eigenvalue weighted by molar-refractivity contribution is -0.157. The number of hydrogen-bond acceptors (Lipinski definition) is 8. The molecule has 0 radical (unpaired) electrons. The van der Waals surface area contributed by atoms with Gasteiger partial charge < -0.3 is 29.9 Å². The summed E-state index contributed by atoms with van der Waals surface area (Å²) in [6, 6.07) is 0. The second-order valence-corrected chi connectivity index (χ2v) is 3.78. The monoisotopic (exact) mass is 290 g/mol. The molecule has 0 aliphatic heterocycles. The van der Waals surface area contributed by atoms with Gasteiger partial charge in [0.25, 0.3) is 0 Å². The molecule has 0 aliphatic carbocycles. The first kappa shape index (κ1) is 18.3. The molecule has 114 valence electrons. The fraction of sp³-hybridized carbons (Fsp3) is 0.500. The number of hydrogen-bond donors (Lipinski definition) is 4. The summed E-state index contributed by atoms with van der Waals surface area (Å²) in [5.74, 6) is -1.63. The predicted molar refractivity (Wildman–Crippen MR) is 66.3 cm³/mol. The Morgan fingerprint density at radius 2 is 1.15 bits per heavy atom. The molecule has 0 heterocycles. The van der Waals surface area contributed by atoms with Crippen LogP contribution in [-0.2, 0) is 19.1 Å². The van der Waals surface area contributed by atoms with Crippen LogP contribution in [0.5, 0.6) is 0 Å². The average Bonchev–Trinajstić information content (AvgIpc) is 2.47. The van der Waals surface area contributed by atoms with Gasteiger partial charge in [0.05, 0.1) is 0 Å². The molecule has 8 heteroatoms. The molecule has 4 atom stereocenters. The molecule has 0 aromatic rings. The number of aliphatic hydroxyl groups is 4. The molecule has 0 unspecified atom stereocenters. The topological polar surface area (TPSA) is 134 Å². The van der Waals surface area contributed by atoms with Crippen LogP contribution in [0.4, 0.5) is 0 Å². The van der Waals surface area contributed by atoms with Crippen molar-refractivity contribution in [3.8, 4) is 0 Å². The highest BCUT2D eigenvalue weighted by Gasteiger charge is 2.31. The van der Waals surface area contributed by atoms with E-state index in [0.717, 1.165) is 12.2 Å². The quantitative estimate of drug-likeness (QED) is 0.280. The molecule has 0 bridgehead atoms. The Hall–Kier alpha value is -1.74. The number of rotatable bonds is 9. The van der Waals surface area contributed by atoms with E-state index in [1.54, 1.807) is 0 Å². The van der Waals surface area contributed by atoms with Crippen molar-refractivity contribution in [3.05, 3.63) is 25.3 Å². The molecule has 8 nitrogen and oxygen atoms in total. The van der Waals surface area contributed by atoms with Crippen molar-refractivity contribution in [2.24, 2.45) is 0 Å². The number of esters is 2. The number of carbonyl (C=O) groups is 2. The molecule has 0 aromatic heterocycles. The fourth-order valence-electron chi connectivity index (χ4n) is 1.11. The van der Waals surface area contributed by atoms with Crippen LogP contribution in [-0.4, -0.2) is 70.0 Å². The normalized spacial score (nSPS) is 16.4.